The number of hydrogen-bond donors (Lipinski definition) is 3. The lowest BCUT2D eigenvalue weighted by atomic mass is 9.95. The van der Waals surface area contributed by atoms with E-state index >= 15 is 0 Å². The molecule has 0 aliphatic carbocycles. The number of amides is 1. The number of hydrogen-bond acceptors (Lipinski definition) is 5. The molecule has 10 heteroatoms. The molecule has 0 fully saturated rings. The van der Waals surface area contributed by atoms with Gasteiger partial charge in [-0.15, -0.1) is 0 Å². The first kappa shape index (κ1) is 21.0. The van der Waals surface area contributed by atoms with Gasteiger partial charge < -0.3 is 20.1 Å². The van der Waals surface area contributed by atoms with Gasteiger partial charge in [-0.25, -0.2) is 18.2 Å². The Kier molecular flexibility index (Phi) is 5.21. The van der Waals surface area contributed by atoms with E-state index < -0.39 is 35.9 Å². The van der Waals surface area contributed by atoms with Crippen molar-refractivity contribution >= 4 is 16.9 Å². The highest BCUT2D eigenvalue weighted by Crippen LogP contribution is 2.37. The third-order valence-corrected chi connectivity index (χ3v) is 5.52. The van der Waals surface area contributed by atoms with Crippen molar-refractivity contribution in [3.63, 3.8) is 0 Å². The number of aromatic amines is 1. The highest BCUT2D eigenvalue weighted by Gasteiger charge is 2.35. The van der Waals surface area contributed by atoms with Gasteiger partial charge in [0.15, 0.2) is 0 Å². The van der Waals surface area contributed by atoms with Crippen LogP contribution in [0.3, 0.4) is 0 Å². The van der Waals surface area contributed by atoms with E-state index in [1.807, 2.05) is 12.1 Å². The highest BCUT2D eigenvalue weighted by molar-refractivity contribution is 5.95. The van der Waals surface area contributed by atoms with Crippen LogP contribution in [0.4, 0.5) is 13.2 Å². The summed E-state index contributed by atoms with van der Waals surface area (Å²) in [5.74, 6) is -1.74. The molecule has 0 bridgehead atoms. The molecule has 0 saturated carbocycles. The molecular weight excluding hydrogens is 437 g/mol. The van der Waals surface area contributed by atoms with Crippen LogP contribution in [0.5, 0.6) is 5.75 Å². The zero-order valence-electron chi connectivity index (χ0n) is 16.9. The van der Waals surface area contributed by atoms with Crippen LogP contribution in [-0.4, -0.2) is 38.7 Å². The standard InChI is InChI=1S/C23H17F3N4O3/c24-15-7-12(21(25)26)8-18-19(15)20(17(31)10-33-18)30-23(32)11-1-2-16(29-9-11)13-3-5-27-22-14(13)4-6-28-22/h1-9,17,20-21,31H,10H2,(H,27,28)(H,30,32)/t17-,20-/m0/s1. The minimum atomic E-state index is -2.88. The summed E-state index contributed by atoms with van der Waals surface area (Å²) in [6, 6.07) is 7.42. The monoisotopic (exact) mass is 454 g/mol. The molecule has 33 heavy (non-hydrogen) atoms. The van der Waals surface area contributed by atoms with E-state index in [0.717, 1.165) is 17.0 Å². The molecule has 4 aromatic rings. The van der Waals surface area contributed by atoms with E-state index in [1.165, 1.54) is 6.20 Å². The molecule has 0 unspecified atom stereocenters. The Balaban J connectivity index is 1.41. The number of carbonyl (C=O) groups excluding carboxylic acids is 1. The maximum atomic E-state index is 14.6. The molecule has 7 nitrogen and oxygen atoms in total. The van der Waals surface area contributed by atoms with E-state index in [4.69, 9.17) is 4.74 Å². The summed E-state index contributed by atoms with van der Waals surface area (Å²) in [5, 5.41) is 13.7. The van der Waals surface area contributed by atoms with Gasteiger partial charge in [0.1, 0.15) is 29.9 Å². The van der Waals surface area contributed by atoms with Crippen LogP contribution in [-0.2, 0) is 0 Å². The van der Waals surface area contributed by atoms with Crippen molar-refractivity contribution in [2.75, 3.05) is 6.61 Å². The second-order valence-corrected chi connectivity index (χ2v) is 7.58. The van der Waals surface area contributed by atoms with E-state index in [-0.39, 0.29) is 23.5 Å². The van der Waals surface area contributed by atoms with Crippen LogP contribution in [0.1, 0.15) is 34.0 Å². The lowest BCUT2D eigenvalue weighted by Gasteiger charge is -2.31. The number of fused-ring (bicyclic) bond motifs is 2. The van der Waals surface area contributed by atoms with Crippen LogP contribution in [0.2, 0.25) is 0 Å². The summed E-state index contributed by atoms with van der Waals surface area (Å²) in [6.07, 6.45) is 0.634. The van der Waals surface area contributed by atoms with Gasteiger partial charge in [-0.3, -0.25) is 9.78 Å². The van der Waals surface area contributed by atoms with E-state index in [0.29, 0.717) is 17.4 Å². The minimum Gasteiger partial charge on any atom is -0.490 e. The zero-order valence-corrected chi connectivity index (χ0v) is 16.9. The summed E-state index contributed by atoms with van der Waals surface area (Å²) >= 11 is 0. The smallest absolute Gasteiger partial charge is 0.264 e. The van der Waals surface area contributed by atoms with Crippen molar-refractivity contribution in [3.05, 3.63) is 77.5 Å². The number of aliphatic hydroxyl groups excluding tert-OH is 1. The number of halogens is 3. The number of nitrogens with one attached hydrogen (secondary N) is 2. The molecule has 1 aliphatic heterocycles. The first-order chi connectivity index (χ1) is 15.9. The van der Waals surface area contributed by atoms with E-state index in [2.05, 4.69) is 20.3 Å². The van der Waals surface area contributed by atoms with Crippen LogP contribution in [0.25, 0.3) is 22.3 Å². The number of ether oxygens (including phenoxy) is 1. The fraction of sp³-hybridized carbons (Fsp3) is 0.174. The largest absolute Gasteiger partial charge is 0.490 e. The molecule has 3 N–H and O–H groups in total. The van der Waals surface area contributed by atoms with Gasteiger partial charge >= 0.3 is 0 Å². The number of pyridine rings is 2. The summed E-state index contributed by atoms with van der Waals surface area (Å²) in [4.78, 5) is 24.4. The van der Waals surface area contributed by atoms with Gasteiger partial charge in [-0.2, -0.15) is 0 Å². The summed E-state index contributed by atoms with van der Waals surface area (Å²) in [7, 11) is 0. The average Bonchev–Trinajstić information content (AvgIpc) is 3.30. The molecule has 0 saturated heterocycles. The van der Waals surface area contributed by atoms with Gasteiger partial charge in [0, 0.05) is 35.1 Å². The van der Waals surface area contributed by atoms with Gasteiger partial charge in [0.25, 0.3) is 12.3 Å². The Morgan fingerprint density at radius 2 is 2.06 bits per heavy atom. The molecule has 1 aliphatic rings. The Morgan fingerprint density at radius 1 is 1.21 bits per heavy atom. The van der Waals surface area contributed by atoms with Crippen molar-refractivity contribution in [1.29, 1.82) is 0 Å². The number of nitrogens with zero attached hydrogens (tertiary/aromatic N) is 2. The second-order valence-electron chi connectivity index (χ2n) is 7.58. The van der Waals surface area contributed by atoms with E-state index in [9.17, 15) is 23.1 Å². The molecule has 1 aromatic carbocycles. The maximum Gasteiger partial charge on any atom is 0.264 e. The Hall–Kier alpha value is -3.92. The number of alkyl halides is 2. The highest BCUT2D eigenvalue weighted by atomic mass is 19.3. The van der Waals surface area contributed by atoms with Crippen LogP contribution in [0, 0.1) is 5.82 Å². The number of aliphatic hydroxyl groups is 1. The number of H-pyrrole nitrogens is 1. The molecule has 2 atom stereocenters. The van der Waals surface area contributed by atoms with Crippen molar-refractivity contribution in [3.8, 4) is 17.0 Å². The average molecular weight is 454 g/mol. The molecule has 0 spiro atoms. The van der Waals surface area contributed by atoms with Crippen LogP contribution >= 0.6 is 0 Å². The Bertz CT molecular complexity index is 1340. The van der Waals surface area contributed by atoms with E-state index in [1.54, 1.807) is 24.5 Å². The molecule has 5 rings (SSSR count). The van der Waals surface area contributed by atoms with Crippen molar-refractivity contribution in [2.45, 2.75) is 18.6 Å². The summed E-state index contributed by atoms with van der Waals surface area (Å²) < 4.78 is 45.8. The number of rotatable bonds is 4. The number of aromatic nitrogens is 3. The van der Waals surface area contributed by atoms with Crippen LogP contribution < -0.4 is 10.1 Å². The number of benzene rings is 1. The summed E-state index contributed by atoms with van der Waals surface area (Å²) in [5.41, 5.74) is 1.63. The van der Waals surface area contributed by atoms with Gasteiger partial charge in [-0.1, -0.05) is 0 Å². The van der Waals surface area contributed by atoms with Gasteiger partial charge in [0.2, 0.25) is 0 Å². The lowest BCUT2D eigenvalue weighted by molar-refractivity contribution is 0.0481. The molecular formula is C23H17F3N4O3. The molecule has 168 valence electrons. The second kappa shape index (κ2) is 8.21. The molecule has 1 amide bonds. The minimum absolute atomic E-state index is 0.137. The Labute approximate surface area is 185 Å². The third kappa shape index (κ3) is 3.78. The maximum absolute atomic E-state index is 14.6. The van der Waals surface area contributed by atoms with Gasteiger partial charge in [-0.05, 0) is 36.4 Å². The SMILES string of the molecule is O=C(N[C@@H]1c2c(F)cc(C(F)F)cc2OC[C@@H]1O)c1ccc(-c2ccnc3[nH]ccc23)nc1. The molecule has 0 radical (unpaired) electrons. The third-order valence-electron chi connectivity index (χ3n) is 5.52. The Morgan fingerprint density at radius 3 is 2.82 bits per heavy atom. The van der Waals surface area contributed by atoms with Crippen LogP contribution in [0.15, 0.2) is 55.0 Å². The predicted molar refractivity (Wildman–Crippen MR) is 112 cm³/mol. The fourth-order valence-electron chi connectivity index (χ4n) is 3.89. The molecule has 3 aromatic heterocycles. The normalized spacial score (nSPS) is 17.6. The van der Waals surface area contributed by atoms with Crippen molar-refractivity contribution < 1.29 is 27.8 Å². The summed E-state index contributed by atoms with van der Waals surface area (Å²) in [6.45, 7) is -0.282. The quantitative estimate of drug-likeness (QED) is 0.434. The first-order valence-corrected chi connectivity index (χ1v) is 10.0. The first-order valence-electron chi connectivity index (χ1n) is 10.0. The zero-order chi connectivity index (χ0) is 23.1. The van der Waals surface area contributed by atoms with Gasteiger partial charge in [0.05, 0.1) is 22.9 Å². The molecule has 4 heterocycles. The predicted octanol–water partition coefficient (Wildman–Crippen LogP) is 3.93. The number of carbonyl (C=O) groups is 1. The fourth-order valence-corrected chi connectivity index (χ4v) is 3.89. The topological polar surface area (TPSA) is 100 Å². The van der Waals surface area contributed by atoms with Crippen molar-refractivity contribution in [2.24, 2.45) is 0 Å². The lowest BCUT2D eigenvalue weighted by Crippen LogP contribution is -2.42. The van der Waals surface area contributed by atoms with Crippen molar-refractivity contribution in [1.82, 2.24) is 20.3 Å².